The lowest BCUT2D eigenvalue weighted by Crippen LogP contribution is -2.25. The fraction of sp³-hybridized carbons (Fsp3) is 0.263. The zero-order valence-corrected chi connectivity index (χ0v) is 15.7. The Hall–Kier alpha value is -2.57. The highest BCUT2D eigenvalue weighted by atomic mass is 35.5. The zero-order valence-electron chi connectivity index (χ0n) is 14.9. The third kappa shape index (κ3) is 5.47. The lowest BCUT2D eigenvalue weighted by atomic mass is 10.1. The van der Waals surface area contributed by atoms with E-state index in [4.69, 9.17) is 25.8 Å². The van der Waals surface area contributed by atoms with Crippen molar-refractivity contribution in [2.24, 2.45) is 5.10 Å². The van der Waals surface area contributed by atoms with E-state index in [-0.39, 0.29) is 12.5 Å². The first-order chi connectivity index (χ1) is 12.5. The summed E-state index contributed by atoms with van der Waals surface area (Å²) in [7, 11) is 3.22. The van der Waals surface area contributed by atoms with Crippen molar-refractivity contribution in [2.45, 2.75) is 13.5 Å². The maximum absolute atomic E-state index is 11.9. The highest BCUT2D eigenvalue weighted by Gasteiger charge is 2.08. The van der Waals surface area contributed by atoms with Crippen molar-refractivity contribution < 1.29 is 19.0 Å². The van der Waals surface area contributed by atoms with E-state index >= 15 is 0 Å². The van der Waals surface area contributed by atoms with E-state index in [9.17, 15) is 4.79 Å². The fourth-order valence-electron chi connectivity index (χ4n) is 2.22. The van der Waals surface area contributed by atoms with Gasteiger partial charge in [0, 0.05) is 12.7 Å². The number of benzene rings is 2. The molecular formula is C19H21ClN2O4. The molecule has 0 saturated heterocycles. The van der Waals surface area contributed by atoms with Crippen LogP contribution in [0, 0.1) is 0 Å². The van der Waals surface area contributed by atoms with E-state index in [2.05, 4.69) is 10.5 Å². The lowest BCUT2D eigenvalue weighted by molar-refractivity contribution is -0.123. The number of nitrogens with zero attached hydrogens (tertiary/aromatic N) is 1. The predicted molar refractivity (Wildman–Crippen MR) is 101 cm³/mol. The van der Waals surface area contributed by atoms with Crippen molar-refractivity contribution in [3.05, 3.63) is 58.6 Å². The summed E-state index contributed by atoms with van der Waals surface area (Å²) in [6.45, 7) is 2.04. The van der Waals surface area contributed by atoms with Gasteiger partial charge >= 0.3 is 0 Å². The van der Waals surface area contributed by atoms with Crippen molar-refractivity contribution in [3.63, 3.8) is 0 Å². The van der Waals surface area contributed by atoms with Crippen molar-refractivity contribution in [1.82, 2.24) is 5.43 Å². The predicted octanol–water partition coefficient (Wildman–Crippen LogP) is 3.41. The van der Waals surface area contributed by atoms with Crippen LogP contribution in [-0.2, 0) is 16.1 Å². The Balaban J connectivity index is 1.97. The van der Waals surface area contributed by atoms with Crippen LogP contribution in [0.1, 0.15) is 18.1 Å². The maximum Gasteiger partial charge on any atom is 0.277 e. The second-order valence-electron chi connectivity index (χ2n) is 5.41. The van der Waals surface area contributed by atoms with Crippen LogP contribution in [0.2, 0.25) is 5.02 Å². The summed E-state index contributed by atoms with van der Waals surface area (Å²) in [5.74, 6) is 0.805. The summed E-state index contributed by atoms with van der Waals surface area (Å²) in [5, 5.41) is 4.56. The van der Waals surface area contributed by atoms with E-state index in [1.807, 2.05) is 18.2 Å². The number of ether oxygens (including phenoxy) is 3. The molecule has 0 radical (unpaired) electrons. The fourth-order valence-corrected chi connectivity index (χ4v) is 2.41. The number of hydrazone groups is 1. The normalized spacial score (nSPS) is 11.2. The number of halogens is 1. The molecule has 0 aliphatic rings. The van der Waals surface area contributed by atoms with Gasteiger partial charge in [0.15, 0.2) is 6.61 Å². The van der Waals surface area contributed by atoms with Crippen LogP contribution in [0.15, 0.2) is 47.6 Å². The Bertz CT molecular complexity index is 793. The van der Waals surface area contributed by atoms with Crippen LogP contribution in [0.3, 0.4) is 0 Å². The van der Waals surface area contributed by atoms with Gasteiger partial charge in [0.2, 0.25) is 0 Å². The third-order valence-electron chi connectivity index (χ3n) is 3.54. The number of hydrogen-bond donors (Lipinski definition) is 1. The van der Waals surface area contributed by atoms with Gasteiger partial charge in [-0.1, -0.05) is 23.7 Å². The minimum Gasteiger partial charge on any atom is -0.496 e. The van der Waals surface area contributed by atoms with Gasteiger partial charge in [-0.3, -0.25) is 4.79 Å². The van der Waals surface area contributed by atoms with Gasteiger partial charge in [-0.15, -0.1) is 0 Å². The molecule has 0 aromatic heterocycles. The molecule has 0 aliphatic carbocycles. The van der Waals surface area contributed by atoms with Gasteiger partial charge in [-0.05, 0) is 42.8 Å². The van der Waals surface area contributed by atoms with Crippen LogP contribution in [-0.4, -0.2) is 32.4 Å². The van der Waals surface area contributed by atoms with E-state index in [0.717, 1.165) is 16.9 Å². The first-order valence-electron chi connectivity index (χ1n) is 7.91. The highest BCUT2D eigenvalue weighted by molar-refractivity contribution is 6.32. The van der Waals surface area contributed by atoms with Crippen molar-refractivity contribution in [1.29, 1.82) is 0 Å². The Morgan fingerprint density at radius 1 is 1.15 bits per heavy atom. The molecule has 0 atom stereocenters. The summed E-state index contributed by atoms with van der Waals surface area (Å²) < 4.78 is 15.8. The average Bonchev–Trinajstić information content (AvgIpc) is 2.65. The van der Waals surface area contributed by atoms with E-state index in [0.29, 0.717) is 23.1 Å². The van der Waals surface area contributed by atoms with Gasteiger partial charge in [0.25, 0.3) is 5.91 Å². The number of carbonyl (C=O) groups excluding carboxylic acids is 1. The summed E-state index contributed by atoms with van der Waals surface area (Å²) in [6, 6.07) is 12.6. The Morgan fingerprint density at radius 2 is 1.92 bits per heavy atom. The molecule has 2 rings (SSSR count). The molecule has 0 fully saturated rings. The number of para-hydroxylation sites is 1. The standard InChI is InChI=1S/C19H21ClN2O4/c1-13(14-8-9-17(25-3)15(10-14)11-24-2)21-22-19(23)12-26-18-7-5-4-6-16(18)20/h4-10H,11-12H2,1-3H3,(H,22,23)/b21-13-. The molecule has 0 unspecified atom stereocenters. The Labute approximate surface area is 157 Å². The molecule has 0 aliphatic heterocycles. The van der Waals surface area contributed by atoms with Crippen LogP contribution in [0.4, 0.5) is 0 Å². The third-order valence-corrected chi connectivity index (χ3v) is 3.85. The van der Waals surface area contributed by atoms with Crippen LogP contribution in [0.25, 0.3) is 0 Å². The summed E-state index contributed by atoms with van der Waals surface area (Å²) in [5.41, 5.74) is 4.87. The number of amides is 1. The number of hydrogen-bond acceptors (Lipinski definition) is 5. The lowest BCUT2D eigenvalue weighted by Gasteiger charge is -2.10. The van der Waals surface area contributed by atoms with Gasteiger partial charge in [-0.25, -0.2) is 5.43 Å². The quantitative estimate of drug-likeness (QED) is 0.566. The Kier molecular flexibility index (Phi) is 7.44. The van der Waals surface area contributed by atoms with Crippen molar-refractivity contribution >= 4 is 23.2 Å². The monoisotopic (exact) mass is 376 g/mol. The summed E-state index contributed by atoms with van der Waals surface area (Å²) in [4.78, 5) is 11.9. The van der Waals surface area contributed by atoms with Gasteiger partial charge in [0.1, 0.15) is 11.5 Å². The molecule has 26 heavy (non-hydrogen) atoms. The number of rotatable bonds is 8. The molecule has 0 bridgehead atoms. The summed E-state index contributed by atoms with van der Waals surface area (Å²) in [6.07, 6.45) is 0. The maximum atomic E-state index is 11.9. The molecule has 0 spiro atoms. The number of carbonyl (C=O) groups is 1. The molecular weight excluding hydrogens is 356 g/mol. The second-order valence-corrected chi connectivity index (χ2v) is 5.82. The van der Waals surface area contributed by atoms with E-state index < -0.39 is 0 Å². The molecule has 2 aromatic rings. The molecule has 7 heteroatoms. The molecule has 138 valence electrons. The molecule has 1 amide bonds. The minimum absolute atomic E-state index is 0.182. The minimum atomic E-state index is -0.380. The Morgan fingerprint density at radius 3 is 2.62 bits per heavy atom. The first-order valence-corrected chi connectivity index (χ1v) is 8.29. The molecule has 0 heterocycles. The average molecular weight is 377 g/mol. The van der Waals surface area contributed by atoms with Crippen LogP contribution in [0.5, 0.6) is 11.5 Å². The smallest absolute Gasteiger partial charge is 0.277 e. The molecule has 0 saturated carbocycles. The number of methoxy groups -OCH3 is 2. The largest absolute Gasteiger partial charge is 0.496 e. The molecule has 6 nitrogen and oxygen atoms in total. The van der Waals surface area contributed by atoms with Gasteiger partial charge in [-0.2, -0.15) is 5.10 Å². The topological polar surface area (TPSA) is 69.2 Å². The summed E-state index contributed by atoms with van der Waals surface area (Å²) >= 11 is 5.98. The SMILES string of the molecule is COCc1cc(/C(C)=N\NC(=O)COc2ccccc2Cl)ccc1OC. The van der Waals surface area contributed by atoms with E-state index in [1.54, 1.807) is 45.4 Å². The van der Waals surface area contributed by atoms with E-state index in [1.165, 1.54) is 0 Å². The first kappa shape index (κ1) is 19.8. The molecule has 1 N–H and O–H groups in total. The van der Waals surface area contributed by atoms with Crippen molar-refractivity contribution in [2.75, 3.05) is 20.8 Å². The van der Waals surface area contributed by atoms with Gasteiger partial charge < -0.3 is 14.2 Å². The zero-order chi connectivity index (χ0) is 18.9. The molecule has 2 aromatic carbocycles. The van der Waals surface area contributed by atoms with Crippen LogP contribution >= 0.6 is 11.6 Å². The number of nitrogens with one attached hydrogen (secondary N) is 1. The van der Waals surface area contributed by atoms with Crippen molar-refractivity contribution in [3.8, 4) is 11.5 Å². The van der Waals surface area contributed by atoms with Gasteiger partial charge in [0.05, 0.1) is 24.5 Å². The highest BCUT2D eigenvalue weighted by Crippen LogP contribution is 2.23. The second kappa shape index (κ2) is 9.79. The van der Waals surface area contributed by atoms with Crippen LogP contribution < -0.4 is 14.9 Å².